The molecule has 0 rings (SSSR count). The van der Waals surface area contributed by atoms with Gasteiger partial charge < -0.3 is 61.9 Å². The molecule has 0 aliphatic heterocycles. The second-order valence-electron chi connectivity index (χ2n) is 12.4. The molecule has 0 bridgehead atoms. The Kier molecular flexibility index (Phi) is 43.5. The Morgan fingerprint density at radius 2 is 0.571 bits per heavy atom. The molecule has 17 nitrogen and oxygen atoms in total. The van der Waals surface area contributed by atoms with Gasteiger partial charge in [-0.2, -0.15) is 0 Å². The van der Waals surface area contributed by atoms with Crippen molar-refractivity contribution in [2.45, 2.75) is 84.0 Å². The zero-order valence-electron chi connectivity index (χ0n) is 34.0. The summed E-state index contributed by atoms with van der Waals surface area (Å²) in [5, 5.41) is 8.45. The Bertz CT molecular complexity index is 892. The lowest BCUT2D eigenvalue weighted by atomic mass is 10.1. The van der Waals surface area contributed by atoms with Crippen LogP contribution in [0.15, 0.2) is 0 Å². The average molecular weight is 813 g/mol. The highest BCUT2D eigenvalue weighted by atomic mass is 16.6. The minimum atomic E-state index is -1.57. The van der Waals surface area contributed by atoms with E-state index in [4.69, 9.17) is 61.9 Å². The number of hydrogen-bond donors (Lipinski definition) is 1. The summed E-state index contributed by atoms with van der Waals surface area (Å²) in [5.74, 6) is -3.39. The number of aliphatic carboxylic acids is 1. The SMILES string of the molecule is CCCCCCCCCCCC(=O)OCCOCCOCCOCCOCCOCCOCCOCCOCCOCCOCCOC(=O)CCC(=O)C(=O)O. The summed E-state index contributed by atoms with van der Waals surface area (Å²) in [5.41, 5.74) is 0. The largest absolute Gasteiger partial charge is 0.476 e. The van der Waals surface area contributed by atoms with Crippen molar-refractivity contribution in [3.63, 3.8) is 0 Å². The average Bonchev–Trinajstić information content (AvgIpc) is 3.19. The van der Waals surface area contributed by atoms with E-state index in [1.165, 1.54) is 44.9 Å². The molecule has 0 aliphatic rings. The third-order valence-electron chi connectivity index (χ3n) is 7.61. The molecule has 0 aromatic rings. The van der Waals surface area contributed by atoms with E-state index in [1.54, 1.807) is 0 Å². The molecular weight excluding hydrogens is 740 g/mol. The van der Waals surface area contributed by atoms with Crippen LogP contribution in [0.1, 0.15) is 84.0 Å². The van der Waals surface area contributed by atoms with Crippen molar-refractivity contribution >= 4 is 23.7 Å². The van der Waals surface area contributed by atoms with Crippen LogP contribution < -0.4 is 0 Å². The molecular formula is C39H72O17. The summed E-state index contributed by atoms with van der Waals surface area (Å²) >= 11 is 0. The van der Waals surface area contributed by atoms with Crippen molar-refractivity contribution in [3.8, 4) is 0 Å². The van der Waals surface area contributed by atoms with Gasteiger partial charge in [0.25, 0.3) is 0 Å². The number of rotatable bonds is 47. The maximum atomic E-state index is 11.8. The van der Waals surface area contributed by atoms with Crippen molar-refractivity contribution < 1.29 is 81.1 Å². The molecule has 0 aromatic heterocycles. The van der Waals surface area contributed by atoms with Crippen molar-refractivity contribution in [3.05, 3.63) is 0 Å². The van der Waals surface area contributed by atoms with Gasteiger partial charge in [0.1, 0.15) is 13.2 Å². The van der Waals surface area contributed by atoms with E-state index < -0.39 is 17.7 Å². The number of carbonyl (C=O) groups excluding carboxylic acids is 3. The molecule has 0 radical (unpaired) electrons. The summed E-state index contributed by atoms with van der Waals surface area (Å²) in [4.78, 5) is 44.5. The quantitative estimate of drug-likeness (QED) is 0.0531. The van der Waals surface area contributed by atoms with Gasteiger partial charge in [-0.25, -0.2) is 4.79 Å². The standard InChI is InChI=1S/C39H72O17/c1-2-3-4-5-6-7-8-9-10-11-37(41)55-34-32-53-30-28-51-26-24-49-22-20-47-18-16-45-14-15-46-17-19-48-21-23-50-25-27-52-29-31-54-33-35-56-38(42)13-12-36(40)39(43)44/h2-35H2,1H3,(H,43,44). The summed E-state index contributed by atoms with van der Waals surface area (Å²) < 4.78 is 64.4. The summed E-state index contributed by atoms with van der Waals surface area (Å²) in [6.07, 6.45) is 10.8. The number of carboxylic acids is 1. The highest BCUT2D eigenvalue weighted by Crippen LogP contribution is 2.10. The lowest BCUT2D eigenvalue weighted by Crippen LogP contribution is -2.17. The van der Waals surface area contributed by atoms with E-state index in [2.05, 4.69) is 6.92 Å². The molecule has 0 saturated heterocycles. The van der Waals surface area contributed by atoms with Crippen LogP contribution in [0.2, 0.25) is 0 Å². The summed E-state index contributed by atoms with van der Waals surface area (Å²) in [7, 11) is 0. The number of unbranched alkanes of at least 4 members (excludes halogenated alkanes) is 8. The fourth-order valence-electron chi connectivity index (χ4n) is 4.56. The molecule has 56 heavy (non-hydrogen) atoms. The Hall–Kier alpha value is -2.32. The van der Waals surface area contributed by atoms with Gasteiger partial charge >= 0.3 is 17.9 Å². The maximum Gasteiger partial charge on any atom is 0.372 e. The van der Waals surface area contributed by atoms with Crippen LogP contribution in [0.5, 0.6) is 0 Å². The number of carboxylic acid groups (broad SMARTS) is 1. The van der Waals surface area contributed by atoms with Crippen LogP contribution in [0.3, 0.4) is 0 Å². The van der Waals surface area contributed by atoms with Crippen molar-refractivity contribution in [2.24, 2.45) is 0 Å². The van der Waals surface area contributed by atoms with Crippen LogP contribution >= 0.6 is 0 Å². The molecule has 0 fully saturated rings. The van der Waals surface area contributed by atoms with Crippen molar-refractivity contribution in [1.82, 2.24) is 0 Å². The van der Waals surface area contributed by atoms with E-state index in [0.717, 1.165) is 12.8 Å². The van der Waals surface area contributed by atoms with Gasteiger partial charge in [0.05, 0.1) is 139 Å². The van der Waals surface area contributed by atoms with Crippen LogP contribution in [-0.4, -0.2) is 174 Å². The fraction of sp³-hybridized carbons (Fsp3) is 0.897. The van der Waals surface area contributed by atoms with Gasteiger partial charge in [-0.3, -0.25) is 14.4 Å². The molecule has 0 spiro atoms. The van der Waals surface area contributed by atoms with Gasteiger partial charge in [0.2, 0.25) is 5.78 Å². The van der Waals surface area contributed by atoms with Crippen LogP contribution in [0, 0.1) is 0 Å². The molecule has 0 heterocycles. The maximum absolute atomic E-state index is 11.8. The minimum Gasteiger partial charge on any atom is -0.476 e. The normalized spacial score (nSPS) is 11.2. The van der Waals surface area contributed by atoms with Gasteiger partial charge in [-0.1, -0.05) is 58.3 Å². The van der Waals surface area contributed by atoms with Crippen LogP contribution in [0.4, 0.5) is 0 Å². The number of carbonyl (C=O) groups is 4. The fourth-order valence-corrected chi connectivity index (χ4v) is 4.56. The van der Waals surface area contributed by atoms with E-state index in [9.17, 15) is 19.2 Å². The van der Waals surface area contributed by atoms with Crippen LogP contribution in [-0.2, 0) is 76.0 Å². The number of Topliss-reactive ketones (excluding diaryl/α,β-unsaturated/α-hetero) is 1. The number of esters is 2. The Balaban J connectivity index is 3.16. The lowest BCUT2D eigenvalue weighted by Gasteiger charge is -2.09. The van der Waals surface area contributed by atoms with E-state index >= 15 is 0 Å². The third kappa shape index (κ3) is 44.4. The zero-order valence-corrected chi connectivity index (χ0v) is 34.0. The van der Waals surface area contributed by atoms with E-state index in [-0.39, 0.29) is 38.6 Å². The van der Waals surface area contributed by atoms with Gasteiger partial charge in [-0.15, -0.1) is 0 Å². The molecule has 0 aliphatic carbocycles. The number of hydrogen-bond acceptors (Lipinski definition) is 16. The molecule has 0 amide bonds. The topological polar surface area (TPSA) is 199 Å². The Labute approximate surface area is 333 Å². The third-order valence-corrected chi connectivity index (χ3v) is 7.61. The molecule has 330 valence electrons. The van der Waals surface area contributed by atoms with Gasteiger partial charge in [0.15, 0.2) is 0 Å². The second-order valence-corrected chi connectivity index (χ2v) is 12.4. The number of ether oxygens (including phenoxy) is 12. The first-order valence-corrected chi connectivity index (χ1v) is 20.3. The van der Waals surface area contributed by atoms with Crippen LogP contribution in [0.25, 0.3) is 0 Å². The molecule has 1 N–H and O–H groups in total. The van der Waals surface area contributed by atoms with Crippen molar-refractivity contribution in [1.29, 1.82) is 0 Å². The Morgan fingerprint density at radius 3 is 0.857 bits per heavy atom. The van der Waals surface area contributed by atoms with Gasteiger partial charge in [-0.05, 0) is 6.42 Å². The van der Waals surface area contributed by atoms with Gasteiger partial charge in [0, 0.05) is 12.8 Å². The molecule has 0 aromatic carbocycles. The Morgan fingerprint density at radius 1 is 0.321 bits per heavy atom. The minimum absolute atomic E-state index is 0.0101. The first-order valence-electron chi connectivity index (χ1n) is 20.3. The highest BCUT2D eigenvalue weighted by molar-refractivity contribution is 6.32. The summed E-state index contributed by atoms with van der Waals surface area (Å²) in [6, 6.07) is 0. The predicted molar refractivity (Wildman–Crippen MR) is 204 cm³/mol. The molecule has 17 heteroatoms. The molecule has 0 atom stereocenters. The van der Waals surface area contributed by atoms with Crippen molar-refractivity contribution in [2.75, 3.05) is 145 Å². The van der Waals surface area contributed by atoms with E-state index in [1.807, 2.05) is 0 Å². The van der Waals surface area contributed by atoms with E-state index in [0.29, 0.717) is 132 Å². The first kappa shape index (κ1) is 53.7. The molecule has 0 unspecified atom stereocenters. The first-order chi connectivity index (χ1) is 27.5. The highest BCUT2D eigenvalue weighted by Gasteiger charge is 2.14. The zero-order chi connectivity index (χ0) is 40.8. The monoisotopic (exact) mass is 812 g/mol. The summed E-state index contributed by atoms with van der Waals surface area (Å²) in [6.45, 7) is 10.9. The predicted octanol–water partition coefficient (Wildman–Crippen LogP) is 3.59. The smallest absolute Gasteiger partial charge is 0.372 e. The second kappa shape index (κ2) is 45.4. The lowest BCUT2D eigenvalue weighted by molar-refractivity contribution is -0.151. The molecule has 0 saturated carbocycles. The number of ketones is 1.